The standard InChI is InChI=1S/C8H14N2O3Si/c1-6(13-14(3,4)5)7(10-9)8(11)12-2/h1H2,2-5H3/p+1/b8-7-. The Morgan fingerprint density at radius 3 is 2.21 bits per heavy atom. The molecule has 78 valence electrons. The van der Waals surface area contributed by atoms with Crippen LogP contribution in [0.25, 0.3) is 4.98 Å². The van der Waals surface area contributed by atoms with E-state index in [1.807, 2.05) is 19.6 Å². The lowest BCUT2D eigenvalue weighted by Crippen LogP contribution is -2.25. The van der Waals surface area contributed by atoms with E-state index >= 15 is 0 Å². The molecule has 5 nitrogen and oxygen atoms in total. The van der Waals surface area contributed by atoms with E-state index in [0.29, 0.717) is 0 Å². The van der Waals surface area contributed by atoms with E-state index in [0.717, 1.165) is 0 Å². The summed E-state index contributed by atoms with van der Waals surface area (Å²) in [6.07, 6.45) is 0. The second kappa shape index (κ2) is 4.67. The summed E-state index contributed by atoms with van der Waals surface area (Å²) in [6.45, 7) is 9.37. The molecule has 0 aromatic heterocycles. The number of methoxy groups -OCH3 is 1. The van der Waals surface area contributed by atoms with Crippen LogP contribution in [0.1, 0.15) is 0 Å². The largest absolute Gasteiger partial charge is 0.539 e. The van der Waals surface area contributed by atoms with Crippen LogP contribution in [0.15, 0.2) is 24.0 Å². The molecule has 0 saturated carbocycles. The molecule has 0 radical (unpaired) electrons. The maximum Gasteiger partial charge on any atom is 0.503 e. The number of hydrogen-bond acceptors (Lipinski definition) is 4. The smallest absolute Gasteiger partial charge is 0.503 e. The maximum atomic E-state index is 9.16. The van der Waals surface area contributed by atoms with E-state index in [9.17, 15) is 0 Å². The van der Waals surface area contributed by atoms with Crippen molar-refractivity contribution in [3.8, 4) is 0 Å². The molecule has 0 bridgehead atoms. The highest BCUT2D eigenvalue weighted by Crippen LogP contribution is 2.19. The molecule has 0 aliphatic carbocycles. The van der Waals surface area contributed by atoms with Gasteiger partial charge in [0.05, 0.1) is 7.11 Å². The van der Waals surface area contributed by atoms with Gasteiger partial charge in [-0.2, -0.15) is 0 Å². The molecule has 0 saturated heterocycles. The fraction of sp³-hybridized carbons (Fsp3) is 0.500. The van der Waals surface area contributed by atoms with E-state index in [1.165, 1.54) is 7.11 Å². The number of ether oxygens (including phenoxy) is 1. The lowest BCUT2D eigenvalue weighted by Gasteiger charge is -2.17. The Hall–Kier alpha value is -1.48. The first kappa shape index (κ1) is 12.5. The third kappa shape index (κ3) is 3.96. The van der Waals surface area contributed by atoms with Gasteiger partial charge in [-0.3, -0.25) is 0 Å². The van der Waals surface area contributed by atoms with E-state index in [2.05, 4.69) is 16.3 Å². The average Bonchev–Trinajstić information content (AvgIpc) is 2.01. The molecule has 0 amide bonds. The van der Waals surface area contributed by atoms with Gasteiger partial charge < -0.3 is 14.3 Å². The third-order valence-corrected chi connectivity index (χ3v) is 2.05. The SMILES string of the molecule is C=C(O[Si](C)(C)C)/C([N+]#N)=C(\O)OC. The van der Waals surface area contributed by atoms with Crippen LogP contribution < -0.4 is 0 Å². The van der Waals surface area contributed by atoms with Crippen LogP contribution in [-0.4, -0.2) is 20.5 Å². The van der Waals surface area contributed by atoms with Crippen molar-refractivity contribution < 1.29 is 14.3 Å². The van der Waals surface area contributed by atoms with E-state index < -0.39 is 14.3 Å². The van der Waals surface area contributed by atoms with Gasteiger partial charge >= 0.3 is 11.6 Å². The predicted molar refractivity (Wildman–Crippen MR) is 55.3 cm³/mol. The molecule has 0 aliphatic rings. The van der Waals surface area contributed by atoms with Crippen molar-refractivity contribution in [3.05, 3.63) is 29.0 Å². The van der Waals surface area contributed by atoms with Crippen molar-refractivity contribution in [2.24, 2.45) is 0 Å². The minimum Gasteiger partial charge on any atom is -0.539 e. The molecule has 14 heavy (non-hydrogen) atoms. The first-order chi connectivity index (χ1) is 6.31. The lowest BCUT2D eigenvalue weighted by molar-refractivity contribution is 0.131. The second-order valence-corrected chi connectivity index (χ2v) is 8.02. The maximum absolute atomic E-state index is 9.16. The van der Waals surface area contributed by atoms with Crippen molar-refractivity contribution in [2.75, 3.05) is 7.11 Å². The highest BCUT2D eigenvalue weighted by Gasteiger charge is 2.30. The molecule has 0 spiro atoms. The van der Waals surface area contributed by atoms with Crippen LogP contribution in [0.4, 0.5) is 0 Å². The fourth-order valence-electron chi connectivity index (χ4n) is 0.732. The topological polar surface area (TPSA) is 66.8 Å². The monoisotopic (exact) mass is 215 g/mol. The van der Waals surface area contributed by atoms with Gasteiger partial charge in [-0.05, 0) is 26.2 Å². The van der Waals surface area contributed by atoms with Crippen LogP contribution >= 0.6 is 0 Å². The summed E-state index contributed by atoms with van der Waals surface area (Å²) in [4.78, 5) is 2.85. The minimum absolute atomic E-state index is 0.103. The normalized spacial score (nSPS) is 12.5. The third-order valence-electron chi connectivity index (χ3n) is 1.19. The molecule has 0 heterocycles. The Morgan fingerprint density at radius 2 is 1.93 bits per heavy atom. The van der Waals surface area contributed by atoms with Crippen LogP contribution in [0, 0.1) is 5.39 Å². The number of hydrogen-bond donors (Lipinski definition) is 1. The number of rotatable bonds is 4. The average molecular weight is 215 g/mol. The Kier molecular flexibility index (Phi) is 4.17. The van der Waals surface area contributed by atoms with Gasteiger partial charge in [-0.25, -0.2) is 0 Å². The molecule has 0 unspecified atom stereocenters. The van der Waals surface area contributed by atoms with Gasteiger partial charge in [0.25, 0.3) is 0 Å². The van der Waals surface area contributed by atoms with Crippen LogP contribution in [0.2, 0.25) is 19.6 Å². The molecular weight excluding hydrogens is 200 g/mol. The minimum atomic E-state index is -1.83. The van der Waals surface area contributed by atoms with Gasteiger partial charge in [0, 0.05) is 0 Å². The summed E-state index contributed by atoms with van der Waals surface area (Å²) in [5.74, 6) is -0.415. The molecule has 0 aliphatic heterocycles. The van der Waals surface area contributed by atoms with Crippen LogP contribution in [-0.2, 0) is 9.16 Å². The zero-order chi connectivity index (χ0) is 11.4. The van der Waals surface area contributed by atoms with Crippen LogP contribution in [0.3, 0.4) is 0 Å². The van der Waals surface area contributed by atoms with Crippen molar-refractivity contribution >= 4 is 8.32 Å². The lowest BCUT2D eigenvalue weighted by atomic mass is 10.4. The summed E-state index contributed by atoms with van der Waals surface area (Å²) < 4.78 is 9.90. The van der Waals surface area contributed by atoms with E-state index in [-0.39, 0.29) is 11.5 Å². The molecule has 0 rings (SSSR count). The van der Waals surface area contributed by atoms with Gasteiger partial charge in [0.2, 0.25) is 19.5 Å². The summed E-state index contributed by atoms with van der Waals surface area (Å²) >= 11 is 0. The van der Waals surface area contributed by atoms with E-state index in [1.54, 1.807) is 0 Å². The highest BCUT2D eigenvalue weighted by atomic mass is 28.4. The number of diazo groups is 1. The quantitative estimate of drug-likeness (QED) is 0.339. The summed E-state index contributed by atoms with van der Waals surface area (Å²) in [5.41, 5.74) is -0.185. The Balaban J connectivity index is 4.78. The van der Waals surface area contributed by atoms with Crippen LogP contribution in [0.5, 0.6) is 0 Å². The van der Waals surface area contributed by atoms with Crippen molar-refractivity contribution in [3.63, 3.8) is 0 Å². The Bertz CT molecular complexity index is 299. The van der Waals surface area contributed by atoms with E-state index in [4.69, 9.17) is 14.9 Å². The van der Waals surface area contributed by atoms with Gasteiger partial charge in [0.1, 0.15) is 0 Å². The Morgan fingerprint density at radius 1 is 1.43 bits per heavy atom. The molecule has 0 fully saturated rings. The van der Waals surface area contributed by atoms with Crippen molar-refractivity contribution in [1.29, 1.82) is 5.39 Å². The second-order valence-electron chi connectivity index (χ2n) is 3.60. The molecule has 0 aromatic carbocycles. The molecule has 6 heteroatoms. The van der Waals surface area contributed by atoms with Gasteiger partial charge in [-0.1, -0.05) is 0 Å². The number of aliphatic hydroxyl groups excluding tert-OH is 1. The van der Waals surface area contributed by atoms with Crippen molar-refractivity contribution in [2.45, 2.75) is 19.6 Å². The summed E-state index contributed by atoms with van der Waals surface area (Å²) in [7, 11) is -0.577. The number of aliphatic hydroxyl groups is 1. The van der Waals surface area contributed by atoms with Gasteiger partial charge in [0.15, 0.2) is 4.98 Å². The molecule has 0 aromatic rings. The fourth-order valence-corrected chi connectivity index (χ4v) is 1.57. The molecule has 1 N–H and O–H groups in total. The summed E-state index contributed by atoms with van der Waals surface area (Å²) in [6, 6.07) is 0. The highest BCUT2D eigenvalue weighted by molar-refractivity contribution is 6.70. The first-order valence-electron chi connectivity index (χ1n) is 4.02. The predicted octanol–water partition coefficient (Wildman–Crippen LogP) is 2.58. The van der Waals surface area contributed by atoms with Gasteiger partial charge in [-0.15, -0.1) is 0 Å². The molecule has 0 atom stereocenters. The zero-order valence-corrected chi connectivity index (χ0v) is 9.87. The first-order valence-corrected chi connectivity index (χ1v) is 7.43. The van der Waals surface area contributed by atoms with Crippen molar-refractivity contribution in [1.82, 2.24) is 0 Å². The summed E-state index contributed by atoms with van der Waals surface area (Å²) in [5, 5.41) is 17.8. The molecular formula is C8H15N2O3Si+. The number of nitrogens with zero attached hydrogens (tertiary/aromatic N) is 2. The Labute approximate surface area is 84.4 Å². The zero-order valence-electron chi connectivity index (χ0n) is 8.87.